The number of anilines is 1. The van der Waals surface area contributed by atoms with Gasteiger partial charge in [0.2, 0.25) is 0 Å². The predicted molar refractivity (Wildman–Crippen MR) is 52.6 cm³/mol. The van der Waals surface area contributed by atoms with Crippen LogP contribution < -0.4 is 5.32 Å². The van der Waals surface area contributed by atoms with Gasteiger partial charge in [0.15, 0.2) is 0 Å². The fraction of sp³-hybridized carbons (Fsp3) is 0.222. The van der Waals surface area contributed by atoms with Crippen LogP contribution in [0, 0.1) is 4.91 Å². The highest BCUT2D eigenvalue weighted by Crippen LogP contribution is 2.23. The number of carboxylic acid groups (broad SMARTS) is 1. The Bertz CT molecular complexity index is 339. The van der Waals surface area contributed by atoms with Crippen LogP contribution in [0.4, 0.5) is 11.4 Å². The molecule has 0 atom stereocenters. The van der Waals surface area contributed by atoms with Gasteiger partial charge >= 0.3 is 5.97 Å². The smallest absolute Gasteiger partial charge is 0.305 e. The quantitative estimate of drug-likeness (QED) is 0.702. The van der Waals surface area contributed by atoms with Crippen molar-refractivity contribution in [2.24, 2.45) is 5.18 Å². The zero-order chi connectivity index (χ0) is 10.4. The normalized spacial score (nSPS) is 9.43. The molecule has 74 valence electrons. The van der Waals surface area contributed by atoms with Crippen LogP contribution in [0.1, 0.15) is 6.42 Å². The zero-order valence-corrected chi connectivity index (χ0v) is 7.43. The number of carboxylic acids is 1. The van der Waals surface area contributed by atoms with E-state index in [4.69, 9.17) is 5.11 Å². The van der Waals surface area contributed by atoms with Crippen LogP contribution in [0.15, 0.2) is 29.4 Å². The predicted octanol–water partition coefficient (Wildman–Crippen LogP) is 1.97. The van der Waals surface area contributed by atoms with Gasteiger partial charge in [0.05, 0.1) is 12.1 Å². The number of carbonyl (C=O) groups is 1. The molecule has 0 aliphatic heterocycles. The highest BCUT2D eigenvalue weighted by molar-refractivity contribution is 5.69. The van der Waals surface area contributed by atoms with Gasteiger partial charge in [-0.3, -0.25) is 4.79 Å². The maximum atomic E-state index is 10.3. The van der Waals surface area contributed by atoms with Crippen molar-refractivity contribution in [3.05, 3.63) is 29.2 Å². The van der Waals surface area contributed by atoms with Gasteiger partial charge < -0.3 is 10.4 Å². The summed E-state index contributed by atoms with van der Waals surface area (Å²) in [6.07, 6.45) is 0.00713. The molecule has 0 aromatic heterocycles. The Morgan fingerprint density at radius 1 is 1.43 bits per heavy atom. The van der Waals surface area contributed by atoms with Crippen molar-refractivity contribution in [3.63, 3.8) is 0 Å². The summed E-state index contributed by atoms with van der Waals surface area (Å²) in [7, 11) is 0. The Balaban J connectivity index is 2.57. The van der Waals surface area contributed by atoms with Gasteiger partial charge in [-0.05, 0) is 17.3 Å². The fourth-order valence-corrected chi connectivity index (χ4v) is 1.01. The minimum absolute atomic E-state index is 0.00713. The molecule has 0 aliphatic carbocycles. The largest absolute Gasteiger partial charge is 0.481 e. The molecule has 0 radical (unpaired) electrons. The van der Waals surface area contributed by atoms with Gasteiger partial charge in [-0.15, -0.1) is 4.91 Å². The third-order valence-electron chi connectivity index (χ3n) is 1.66. The second-order valence-corrected chi connectivity index (χ2v) is 2.68. The topological polar surface area (TPSA) is 78.8 Å². The number of benzene rings is 1. The van der Waals surface area contributed by atoms with Gasteiger partial charge in [-0.25, -0.2) is 0 Å². The third-order valence-corrected chi connectivity index (χ3v) is 1.66. The van der Waals surface area contributed by atoms with E-state index < -0.39 is 5.97 Å². The van der Waals surface area contributed by atoms with Crippen LogP contribution in [0.5, 0.6) is 0 Å². The molecule has 0 saturated heterocycles. The summed E-state index contributed by atoms with van der Waals surface area (Å²) in [6.45, 7) is 0.280. The Morgan fingerprint density at radius 2 is 2.14 bits per heavy atom. The molecule has 0 spiro atoms. The SMILES string of the molecule is O=Nc1ccccc1NCCC(=O)O. The number of hydrogen-bond donors (Lipinski definition) is 2. The van der Waals surface area contributed by atoms with Crippen LogP contribution >= 0.6 is 0 Å². The highest BCUT2D eigenvalue weighted by atomic mass is 16.4. The highest BCUT2D eigenvalue weighted by Gasteiger charge is 2.01. The van der Waals surface area contributed by atoms with E-state index in [1.54, 1.807) is 24.3 Å². The first-order chi connectivity index (χ1) is 6.74. The van der Waals surface area contributed by atoms with E-state index in [0.29, 0.717) is 5.69 Å². The number of hydrogen-bond acceptors (Lipinski definition) is 4. The monoisotopic (exact) mass is 194 g/mol. The third kappa shape index (κ3) is 2.85. The standard InChI is InChI=1S/C9H10N2O3/c12-9(13)5-6-10-7-3-1-2-4-8(7)11-14/h1-4,10H,5-6H2,(H,12,13). The van der Waals surface area contributed by atoms with E-state index in [1.165, 1.54) is 0 Å². The number of para-hydroxylation sites is 1. The maximum Gasteiger partial charge on any atom is 0.305 e. The summed E-state index contributed by atoms with van der Waals surface area (Å²) in [4.78, 5) is 20.5. The molecular weight excluding hydrogens is 184 g/mol. The molecule has 5 heteroatoms. The van der Waals surface area contributed by atoms with Gasteiger partial charge in [-0.1, -0.05) is 12.1 Å². The van der Waals surface area contributed by atoms with E-state index >= 15 is 0 Å². The van der Waals surface area contributed by atoms with Gasteiger partial charge in [0.1, 0.15) is 5.69 Å². The van der Waals surface area contributed by atoms with Crippen molar-refractivity contribution < 1.29 is 9.90 Å². The number of nitrogens with zero attached hydrogens (tertiary/aromatic N) is 1. The van der Waals surface area contributed by atoms with Crippen LogP contribution in [0.2, 0.25) is 0 Å². The van der Waals surface area contributed by atoms with Crippen molar-refractivity contribution in [3.8, 4) is 0 Å². The maximum absolute atomic E-state index is 10.3. The minimum Gasteiger partial charge on any atom is -0.481 e. The molecule has 0 heterocycles. The minimum atomic E-state index is -0.881. The molecule has 0 amide bonds. The molecule has 14 heavy (non-hydrogen) atoms. The molecule has 1 aromatic carbocycles. The summed E-state index contributed by atoms with van der Waals surface area (Å²) >= 11 is 0. The lowest BCUT2D eigenvalue weighted by Gasteiger charge is -2.05. The van der Waals surface area contributed by atoms with E-state index in [0.717, 1.165) is 0 Å². The van der Waals surface area contributed by atoms with Crippen LogP contribution in [-0.2, 0) is 4.79 Å². The molecule has 5 nitrogen and oxygen atoms in total. The summed E-state index contributed by atoms with van der Waals surface area (Å²) in [5.41, 5.74) is 0.849. The Labute approximate surface area is 80.7 Å². The Morgan fingerprint density at radius 3 is 2.79 bits per heavy atom. The van der Waals surface area contributed by atoms with E-state index in [-0.39, 0.29) is 18.7 Å². The first kappa shape index (κ1) is 10.2. The average molecular weight is 194 g/mol. The van der Waals surface area contributed by atoms with Crippen molar-refractivity contribution in [1.29, 1.82) is 0 Å². The molecule has 0 fully saturated rings. The van der Waals surface area contributed by atoms with Crippen molar-refractivity contribution >= 4 is 17.3 Å². The lowest BCUT2D eigenvalue weighted by molar-refractivity contribution is -0.136. The Hall–Kier alpha value is -1.91. The summed E-state index contributed by atoms with van der Waals surface area (Å²) in [5.74, 6) is -0.881. The molecule has 0 saturated carbocycles. The van der Waals surface area contributed by atoms with Crippen LogP contribution in [-0.4, -0.2) is 17.6 Å². The van der Waals surface area contributed by atoms with E-state index in [2.05, 4.69) is 10.5 Å². The summed E-state index contributed by atoms with van der Waals surface area (Å²) < 4.78 is 0. The summed E-state index contributed by atoms with van der Waals surface area (Å²) in [5, 5.41) is 14.0. The first-order valence-electron chi connectivity index (χ1n) is 4.12. The fourth-order valence-electron chi connectivity index (χ4n) is 1.01. The number of rotatable bonds is 5. The second kappa shape index (κ2) is 4.96. The Kier molecular flexibility index (Phi) is 3.60. The molecule has 1 aromatic rings. The average Bonchev–Trinajstić information content (AvgIpc) is 2.18. The van der Waals surface area contributed by atoms with Crippen molar-refractivity contribution in [2.45, 2.75) is 6.42 Å². The van der Waals surface area contributed by atoms with Crippen molar-refractivity contribution in [2.75, 3.05) is 11.9 Å². The number of nitroso groups, excluding NO2 is 1. The van der Waals surface area contributed by atoms with E-state index in [1.807, 2.05) is 0 Å². The van der Waals surface area contributed by atoms with Crippen molar-refractivity contribution in [1.82, 2.24) is 0 Å². The second-order valence-electron chi connectivity index (χ2n) is 2.68. The first-order valence-corrected chi connectivity index (χ1v) is 4.12. The van der Waals surface area contributed by atoms with Gasteiger partial charge in [0.25, 0.3) is 0 Å². The summed E-state index contributed by atoms with van der Waals surface area (Å²) in [6, 6.07) is 6.69. The lowest BCUT2D eigenvalue weighted by atomic mass is 10.2. The molecule has 0 bridgehead atoms. The molecule has 0 unspecified atom stereocenters. The van der Waals surface area contributed by atoms with Gasteiger partial charge in [-0.2, -0.15) is 0 Å². The lowest BCUT2D eigenvalue weighted by Crippen LogP contribution is -2.07. The van der Waals surface area contributed by atoms with Crippen LogP contribution in [0.25, 0.3) is 0 Å². The zero-order valence-electron chi connectivity index (χ0n) is 7.43. The number of nitrogens with one attached hydrogen (secondary N) is 1. The molecular formula is C9H10N2O3. The molecule has 1 rings (SSSR count). The van der Waals surface area contributed by atoms with E-state index in [9.17, 15) is 9.70 Å². The van der Waals surface area contributed by atoms with Crippen LogP contribution in [0.3, 0.4) is 0 Å². The molecule has 2 N–H and O–H groups in total. The number of aliphatic carboxylic acids is 1. The molecule has 0 aliphatic rings. The van der Waals surface area contributed by atoms with Gasteiger partial charge in [0, 0.05) is 6.54 Å².